The Kier molecular flexibility index (Phi) is 6.42. The third kappa shape index (κ3) is 4.57. The number of rotatable bonds is 5. The minimum atomic E-state index is -0.672. The van der Waals surface area contributed by atoms with Crippen LogP contribution in [0.15, 0.2) is 118 Å². The lowest BCUT2D eigenvalue weighted by atomic mass is 9.95. The molecule has 0 aliphatic carbocycles. The van der Waals surface area contributed by atoms with Crippen LogP contribution in [0.4, 0.5) is 5.69 Å². The molecule has 4 aromatic carbocycles. The highest BCUT2D eigenvalue weighted by molar-refractivity contribution is 7.07. The zero-order valence-corrected chi connectivity index (χ0v) is 22.2. The molecule has 0 saturated carbocycles. The van der Waals surface area contributed by atoms with E-state index in [0.717, 1.165) is 21.9 Å². The van der Waals surface area contributed by atoms with E-state index in [4.69, 9.17) is 9.73 Å². The topological polar surface area (TPSA) is 72.7 Å². The van der Waals surface area contributed by atoms with E-state index in [-0.39, 0.29) is 11.5 Å². The molecule has 39 heavy (non-hydrogen) atoms. The third-order valence-corrected chi connectivity index (χ3v) is 7.80. The van der Waals surface area contributed by atoms with Crippen LogP contribution in [0.1, 0.15) is 24.1 Å². The smallest absolute Gasteiger partial charge is 0.271 e. The number of ether oxygens (including phenoxy) is 1. The number of carbonyl (C=O) groups is 1. The normalized spacial score (nSPS) is 15.1. The fourth-order valence-electron chi connectivity index (χ4n) is 4.98. The molecule has 0 unspecified atom stereocenters. The number of fused-ring (bicyclic) bond motifs is 2. The van der Waals surface area contributed by atoms with Gasteiger partial charge in [0.15, 0.2) is 4.80 Å². The first kappa shape index (κ1) is 24.6. The quantitative estimate of drug-likeness (QED) is 0.346. The number of hydrogen-bond donors (Lipinski definition) is 1. The summed E-state index contributed by atoms with van der Waals surface area (Å²) in [5.41, 5.74) is 3.16. The van der Waals surface area contributed by atoms with Crippen LogP contribution < -0.4 is 24.9 Å². The number of benzene rings is 4. The average Bonchev–Trinajstić information content (AvgIpc) is 3.27. The maximum absolute atomic E-state index is 14.0. The number of hydrogen-bond acceptors (Lipinski definition) is 5. The van der Waals surface area contributed by atoms with Crippen LogP contribution in [0.3, 0.4) is 0 Å². The molecular weight excluding hydrogens is 506 g/mol. The van der Waals surface area contributed by atoms with Gasteiger partial charge in [-0.2, -0.15) is 0 Å². The van der Waals surface area contributed by atoms with E-state index in [9.17, 15) is 9.59 Å². The predicted octanol–water partition coefficient (Wildman–Crippen LogP) is 5.04. The van der Waals surface area contributed by atoms with Crippen molar-refractivity contribution in [1.82, 2.24) is 4.57 Å². The van der Waals surface area contributed by atoms with Crippen molar-refractivity contribution in [2.45, 2.75) is 13.0 Å². The first-order valence-electron chi connectivity index (χ1n) is 12.5. The molecule has 192 valence electrons. The zero-order chi connectivity index (χ0) is 26.9. The van der Waals surface area contributed by atoms with Gasteiger partial charge in [0, 0.05) is 5.69 Å². The molecule has 1 amide bonds. The van der Waals surface area contributed by atoms with Crippen LogP contribution in [0.5, 0.6) is 5.75 Å². The minimum absolute atomic E-state index is 0.197. The SMILES string of the molecule is COc1cccc([C@@H]2C(C(=O)Nc3ccccc3)=C(C)N=c3s/c(=C\c4cccc5ccccc45)c(=O)n32)c1. The van der Waals surface area contributed by atoms with Gasteiger partial charge >= 0.3 is 0 Å². The van der Waals surface area contributed by atoms with Gasteiger partial charge in [-0.05, 0) is 59.2 Å². The van der Waals surface area contributed by atoms with E-state index in [0.29, 0.717) is 32.0 Å². The van der Waals surface area contributed by atoms with Crippen molar-refractivity contribution < 1.29 is 9.53 Å². The summed E-state index contributed by atoms with van der Waals surface area (Å²) in [6.07, 6.45) is 1.91. The third-order valence-electron chi connectivity index (χ3n) is 6.82. The molecule has 1 aliphatic heterocycles. The van der Waals surface area contributed by atoms with Crippen LogP contribution >= 0.6 is 11.3 Å². The summed E-state index contributed by atoms with van der Waals surface area (Å²) in [5, 5.41) is 5.14. The standard InChI is InChI=1S/C32H25N3O3S/c1-20-28(30(36)34-24-14-4-3-5-15-24)29(23-13-9-16-25(18-23)38-2)35-31(37)27(39-32(35)33-20)19-22-12-8-11-21-10-6-7-17-26(21)22/h3-19,29H,1-2H3,(H,34,36)/b27-19-/t29-/m1/s1. The Labute approximate surface area is 228 Å². The molecule has 6 rings (SSSR count). The summed E-state index contributed by atoms with van der Waals surface area (Å²) in [7, 11) is 1.60. The number of nitrogens with one attached hydrogen (secondary N) is 1. The number of para-hydroxylation sites is 1. The highest BCUT2D eigenvalue weighted by Gasteiger charge is 2.32. The van der Waals surface area contributed by atoms with E-state index in [1.807, 2.05) is 97.9 Å². The Bertz CT molecular complexity index is 1930. The summed E-state index contributed by atoms with van der Waals surface area (Å²) < 4.78 is 7.66. The fraction of sp³-hybridized carbons (Fsp3) is 0.0938. The number of nitrogens with zero attached hydrogens (tertiary/aromatic N) is 2. The number of anilines is 1. The molecule has 0 spiro atoms. The van der Waals surface area contributed by atoms with Gasteiger partial charge in [-0.3, -0.25) is 14.2 Å². The molecular formula is C32H25N3O3S. The summed E-state index contributed by atoms with van der Waals surface area (Å²) >= 11 is 1.33. The molecule has 1 aromatic heterocycles. The summed E-state index contributed by atoms with van der Waals surface area (Å²) in [5.74, 6) is 0.335. The highest BCUT2D eigenvalue weighted by atomic mass is 32.1. The number of aromatic nitrogens is 1. The van der Waals surface area contributed by atoms with Crippen molar-refractivity contribution >= 4 is 39.8 Å². The van der Waals surface area contributed by atoms with Crippen molar-refractivity contribution in [3.05, 3.63) is 139 Å². The van der Waals surface area contributed by atoms with Crippen LogP contribution in [-0.2, 0) is 4.79 Å². The second kappa shape index (κ2) is 10.2. The second-order valence-corrected chi connectivity index (χ2v) is 10.3. The molecule has 1 atom stereocenters. The maximum atomic E-state index is 14.0. The molecule has 0 fully saturated rings. The Balaban J connectivity index is 1.54. The number of allylic oxidation sites excluding steroid dienone is 1. The number of thiazole rings is 1. The number of amides is 1. The molecule has 1 N–H and O–H groups in total. The molecule has 0 saturated heterocycles. The van der Waals surface area contributed by atoms with Crippen molar-refractivity contribution in [2.24, 2.45) is 4.99 Å². The Morgan fingerprint density at radius 3 is 2.54 bits per heavy atom. The lowest BCUT2D eigenvalue weighted by Gasteiger charge is -2.25. The van der Waals surface area contributed by atoms with Crippen LogP contribution in [-0.4, -0.2) is 17.6 Å². The lowest BCUT2D eigenvalue weighted by molar-refractivity contribution is -0.113. The Hall–Kier alpha value is -4.75. The van der Waals surface area contributed by atoms with Crippen molar-refractivity contribution in [1.29, 1.82) is 0 Å². The van der Waals surface area contributed by atoms with E-state index < -0.39 is 6.04 Å². The van der Waals surface area contributed by atoms with E-state index >= 15 is 0 Å². The van der Waals surface area contributed by atoms with Crippen LogP contribution in [0.25, 0.3) is 16.8 Å². The molecule has 0 bridgehead atoms. The van der Waals surface area contributed by atoms with Crippen molar-refractivity contribution in [3.63, 3.8) is 0 Å². The van der Waals surface area contributed by atoms with E-state index in [1.54, 1.807) is 11.7 Å². The van der Waals surface area contributed by atoms with Crippen LogP contribution in [0.2, 0.25) is 0 Å². The largest absolute Gasteiger partial charge is 0.497 e. The molecule has 2 heterocycles. The molecule has 6 nitrogen and oxygen atoms in total. The second-order valence-electron chi connectivity index (χ2n) is 9.25. The summed E-state index contributed by atoms with van der Waals surface area (Å²) in [6, 6.07) is 30.2. The Morgan fingerprint density at radius 2 is 1.72 bits per heavy atom. The number of carbonyl (C=O) groups excluding carboxylic acids is 1. The minimum Gasteiger partial charge on any atom is -0.497 e. The lowest BCUT2D eigenvalue weighted by Crippen LogP contribution is -2.40. The number of methoxy groups -OCH3 is 1. The van der Waals surface area contributed by atoms with E-state index in [2.05, 4.69) is 17.4 Å². The predicted molar refractivity (Wildman–Crippen MR) is 156 cm³/mol. The summed E-state index contributed by atoms with van der Waals surface area (Å²) in [6.45, 7) is 1.81. The fourth-order valence-corrected chi connectivity index (χ4v) is 6.01. The molecule has 1 aliphatic rings. The van der Waals surface area contributed by atoms with Gasteiger partial charge in [0.25, 0.3) is 11.5 Å². The zero-order valence-electron chi connectivity index (χ0n) is 21.4. The van der Waals surface area contributed by atoms with Gasteiger partial charge < -0.3 is 10.1 Å². The van der Waals surface area contributed by atoms with Gasteiger partial charge in [0.2, 0.25) is 0 Å². The van der Waals surface area contributed by atoms with Gasteiger partial charge in [-0.25, -0.2) is 4.99 Å². The molecule has 7 heteroatoms. The Morgan fingerprint density at radius 1 is 0.974 bits per heavy atom. The van der Waals surface area contributed by atoms with E-state index in [1.165, 1.54) is 11.3 Å². The highest BCUT2D eigenvalue weighted by Crippen LogP contribution is 2.32. The summed E-state index contributed by atoms with van der Waals surface area (Å²) in [4.78, 5) is 33.0. The average molecular weight is 532 g/mol. The van der Waals surface area contributed by atoms with Crippen molar-refractivity contribution in [3.8, 4) is 5.75 Å². The van der Waals surface area contributed by atoms with Crippen molar-refractivity contribution in [2.75, 3.05) is 12.4 Å². The first-order chi connectivity index (χ1) is 19.0. The van der Waals surface area contributed by atoms with Gasteiger partial charge in [-0.15, -0.1) is 0 Å². The first-order valence-corrected chi connectivity index (χ1v) is 13.4. The van der Waals surface area contributed by atoms with Gasteiger partial charge in [0.05, 0.1) is 29.0 Å². The molecule has 5 aromatic rings. The molecule has 0 radical (unpaired) electrons. The monoisotopic (exact) mass is 531 g/mol. The van der Waals surface area contributed by atoms with Gasteiger partial charge in [-0.1, -0.05) is 84.1 Å². The van der Waals surface area contributed by atoms with Crippen LogP contribution in [0, 0.1) is 0 Å². The van der Waals surface area contributed by atoms with Gasteiger partial charge in [0.1, 0.15) is 5.75 Å². The maximum Gasteiger partial charge on any atom is 0.271 e.